The fourth-order valence-electron chi connectivity index (χ4n) is 2.92. The molecule has 2 aliphatic heterocycles. The van der Waals surface area contributed by atoms with Crippen molar-refractivity contribution in [2.75, 3.05) is 13.1 Å². The smallest absolute Gasteiger partial charge is 0.218 e. The molecule has 2 atom stereocenters. The maximum Gasteiger partial charge on any atom is 0.218 e. The zero-order valence-corrected chi connectivity index (χ0v) is 13.2. The SMILES string of the molecule is NC(=S)c1cccc(CS(=O)(=O)N2CC3CCC(C2)O3)c1. The van der Waals surface area contributed by atoms with Gasteiger partial charge in [0.05, 0.1) is 18.0 Å². The molecule has 0 saturated carbocycles. The van der Waals surface area contributed by atoms with Crippen molar-refractivity contribution in [1.29, 1.82) is 0 Å². The number of ether oxygens (including phenoxy) is 1. The first-order valence-corrected chi connectivity index (χ1v) is 8.98. The van der Waals surface area contributed by atoms with E-state index in [0.717, 1.165) is 12.8 Å². The summed E-state index contributed by atoms with van der Waals surface area (Å²) < 4.78 is 32.4. The first-order valence-electron chi connectivity index (χ1n) is 6.96. The second kappa shape index (κ2) is 5.64. The molecule has 0 amide bonds. The van der Waals surface area contributed by atoms with Crippen LogP contribution < -0.4 is 5.73 Å². The fourth-order valence-corrected chi connectivity index (χ4v) is 4.62. The number of rotatable bonds is 4. The van der Waals surface area contributed by atoms with E-state index >= 15 is 0 Å². The molecule has 0 aromatic heterocycles. The Kier molecular flexibility index (Phi) is 4.00. The summed E-state index contributed by atoms with van der Waals surface area (Å²) in [7, 11) is -3.34. The van der Waals surface area contributed by atoms with Gasteiger partial charge in [0.25, 0.3) is 0 Å². The van der Waals surface area contributed by atoms with Crippen LogP contribution in [0.1, 0.15) is 24.0 Å². The van der Waals surface area contributed by atoms with Crippen LogP contribution in [0.4, 0.5) is 0 Å². The van der Waals surface area contributed by atoms with E-state index in [9.17, 15) is 8.42 Å². The molecule has 7 heteroatoms. The second-order valence-electron chi connectivity index (χ2n) is 5.60. The molecular formula is C14H18N2O3S2. The second-order valence-corrected chi connectivity index (χ2v) is 8.00. The number of hydrogen-bond donors (Lipinski definition) is 1. The first kappa shape index (κ1) is 14.9. The van der Waals surface area contributed by atoms with Crippen molar-refractivity contribution in [3.05, 3.63) is 35.4 Å². The lowest BCUT2D eigenvalue weighted by atomic mass is 10.1. The summed E-state index contributed by atoms with van der Waals surface area (Å²) in [5.41, 5.74) is 6.99. The molecule has 0 spiro atoms. The monoisotopic (exact) mass is 326 g/mol. The Morgan fingerprint density at radius 1 is 1.33 bits per heavy atom. The Labute approximate surface area is 130 Å². The number of fused-ring (bicyclic) bond motifs is 2. The fraction of sp³-hybridized carbons (Fsp3) is 0.500. The van der Waals surface area contributed by atoms with Crippen LogP contribution in [0.5, 0.6) is 0 Å². The molecule has 2 fully saturated rings. The lowest BCUT2D eigenvalue weighted by molar-refractivity contribution is -0.0115. The van der Waals surface area contributed by atoms with Crippen LogP contribution >= 0.6 is 12.2 Å². The quantitative estimate of drug-likeness (QED) is 0.836. The highest BCUT2D eigenvalue weighted by atomic mass is 32.2. The van der Waals surface area contributed by atoms with E-state index in [-0.39, 0.29) is 22.9 Å². The van der Waals surface area contributed by atoms with Gasteiger partial charge in [0, 0.05) is 18.7 Å². The van der Waals surface area contributed by atoms with Gasteiger partial charge >= 0.3 is 0 Å². The third-order valence-corrected chi connectivity index (χ3v) is 5.98. The Balaban J connectivity index is 1.77. The first-order chi connectivity index (χ1) is 9.94. The minimum absolute atomic E-state index is 0.0249. The predicted octanol–water partition coefficient (Wildman–Crippen LogP) is 1.01. The van der Waals surface area contributed by atoms with Crippen LogP contribution in [-0.4, -0.2) is 43.0 Å². The number of nitrogens with two attached hydrogens (primary N) is 1. The predicted molar refractivity (Wildman–Crippen MR) is 84.4 cm³/mol. The highest BCUT2D eigenvalue weighted by Gasteiger charge is 2.38. The summed E-state index contributed by atoms with van der Waals surface area (Å²) in [5, 5.41) is 0. The standard InChI is InChI=1S/C14H18N2O3S2/c15-14(20)11-3-1-2-10(6-11)9-21(17,18)16-7-12-4-5-13(8-16)19-12/h1-3,6,12-13H,4-5,7-9H2,(H2,15,20). The number of sulfonamides is 1. The van der Waals surface area contributed by atoms with E-state index in [1.165, 1.54) is 0 Å². The van der Waals surface area contributed by atoms with Gasteiger partial charge in [-0.25, -0.2) is 8.42 Å². The van der Waals surface area contributed by atoms with Crippen LogP contribution in [0.15, 0.2) is 24.3 Å². The van der Waals surface area contributed by atoms with Gasteiger partial charge < -0.3 is 10.5 Å². The minimum atomic E-state index is -3.34. The Morgan fingerprint density at radius 3 is 2.62 bits per heavy atom. The van der Waals surface area contributed by atoms with Crippen molar-refractivity contribution in [1.82, 2.24) is 4.31 Å². The summed E-state index contributed by atoms with van der Waals surface area (Å²) in [6, 6.07) is 7.10. The Hall–Kier alpha value is -1.02. The topological polar surface area (TPSA) is 72.6 Å². The summed E-state index contributed by atoms with van der Waals surface area (Å²) in [5.74, 6) is -0.0249. The largest absolute Gasteiger partial charge is 0.389 e. The molecule has 2 unspecified atom stereocenters. The van der Waals surface area contributed by atoms with Crippen molar-refractivity contribution >= 4 is 27.2 Å². The van der Waals surface area contributed by atoms with E-state index < -0.39 is 10.0 Å². The highest BCUT2D eigenvalue weighted by molar-refractivity contribution is 7.88. The Bertz CT molecular complexity index is 648. The number of thiocarbonyl (C=S) groups is 1. The molecule has 2 N–H and O–H groups in total. The van der Waals surface area contributed by atoms with Crippen LogP contribution in [0.3, 0.4) is 0 Å². The lowest BCUT2D eigenvalue weighted by Crippen LogP contribution is -2.46. The average Bonchev–Trinajstić information content (AvgIpc) is 2.77. The molecule has 2 aliphatic rings. The molecule has 1 aromatic carbocycles. The van der Waals surface area contributed by atoms with Crippen LogP contribution in [0.2, 0.25) is 0 Å². The maximum atomic E-state index is 12.6. The molecule has 5 nitrogen and oxygen atoms in total. The third kappa shape index (κ3) is 3.26. The van der Waals surface area contributed by atoms with Crippen molar-refractivity contribution < 1.29 is 13.2 Å². The lowest BCUT2D eigenvalue weighted by Gasteiger charge is -2.31. The van der Waals surface area contributed by atoms with E-state index in [2.05, 4.69) is 0 Å². The molecule has 114 valence electrons. The van der Waals surface area contributed by atoms with E-state index in [1.807, 2.05) is 0 Å². The molecule has 1 aromatic rings. The summed E-state index contributed by atoms with van der Waals surface area (Å²) in [4.78, 5) is 0.277. The van der Waals surface area contributed by atoms with Gasteiger partial charge in [0.1, 0.15) is 4.99 Å². The van der Waals surface area contributed by atoms with Gasteiger partial charge in [0.2, 0.25) is 10.0 Å². The average molecular weight is 326 g/mol. The number of benzene rings is 1. The van der Waals surface area contributed by atoms with Gasteiger partial charge in [-0.15, -0.1) is 0 Å². The van der Waals surface area contributed by atoms with Crippen LogP contribution in [0, 0.1) is 0 Å². The number of morpholine rings is 1. The van der Waals surface area contributed by atoms with Crippen molar-refractivity contribution in [3.63, 3.8) is 0 Å². The molecule has 0 aliphatic carbocycles. The summed E-state index contributed by atoms with van der Waals surface area (Å²) >= 11 is 4.93. The Morgan fingerprint density at radius 2 is 2.00 bits per heavy atom. The van der Waals surface area contributed by atoms with Crippen LogP contribution in [0.25, 0.3) is 0 Å². The normalized spacial score (nSPS) is 25.9. The maximum absolute atomic E-state index is 12.6. The van der Waals surface area contributed by atoms with Gasteiger partial charge in [-0.2, -0.15) is 4.31 Å². The van der Waals surface area contributed by atoms with E-state index in [0.29, 0.717) is 24.2 Å². The zero-order chi connectivity index (χ0) is 15.0. The number of hydrogen-bond acceptors (Lipinski definition) is 4. The van der Waals surface area contributed by atoms with Crippen LogP contribution in [-0.2, 0) is 20.5 Å². The number of nitrogens with zero attached hydrogens (tertiary/aromatic N) is 1. The van der Waals surface area contributed by atoms with E-state index in [1.54, 1.807) is 28.6 Å². The van der Waals surface area contributed by atoms with Crippen molar-refractivity contribution in [2.45, 2.75) is 30.8 Å². The molecule has 3 rings (SSSR count). The third-order valence-electron chi connectivity index (χ3n) is 3.96. The molecule has 2 heterocycles. The zero-order valence-electron chi connectivity index (χ0n) is 11.6. The van der Waals surface area contributed by atoms with Crippen molar-refractivity contribution in [3.8, 4) is 0 Å². The molecule has 21 heavy (non-hydrogen) atoms. The minimum Gasteiger partial charge on any atom is -0.389 e. The molecule has 2 saturated heterocycles. The summed E-state index contributed by atoms with van der Waals surface area (Å²) in [6.07, 6.45) is 2.02. The summed E-state index contributed by atoms with van der Waals surface area (Å²) in [6.45, 7) is 0.932. The van der Waals surface area contributed by atoms with Gasteiger partial charge in [0.15, 0.2) is 0 Å². The van der Waals surface area contributed by atoms with Gasteiger partial charge in [-0.1, -0.05) is 30.4 Å². The molecule has 0 radical (unpaired) electrons. The molecular weight excluding hydrogens is 308 g/mol. The van der Waals surface area contributed by atoms with E-state index in [4.69, 9.17) is 22.7 Å². The van der Waals surface area contributed by atoms with Gasteiger partial charge in [-0.05, 0) is 24.5 Å². The highest BCUT2D eigenvalue weighted by Crippen LogP contribution is 2.28. The van der Waals surface area contributed by atoms with Gasteiger partial charge in [-0.3, -0.25) is 0 Å². The van der Waals surface area contributed by atoms with Crippen molar-refractivity contribution in [2.24, 2.45) is 5.73 Å². The molecule has 2 bridgehead atoms.